The van der Waals surface area contributed by atoms with E-state index in [1.54, 1.807) is 11.8 Å². The summed E-state index contributed by atoms with van der Waals surface area (Å²) in [4.78, 5) is 1.17. The van der Waals surface area contributed by atoms with Crippen molar-refractivity contribution in [3.63, 3.8) is 0 Å². The molecule has 2 aromatic carbocycles. The van der Waals surface area contributed by atoms with Crippen molar-refractivity contribution in [2.24, 2.45) is 0 Å². The van der Waals surface area contributed by atoms with Crippen LogP contribution in [0.2, 0.25) is 0 Å². The maximum Gasteiger partial charge on any atom is 0.129 e. The van der Waals surface area contributed by atoms with E-state index in [9.17, 15) is 8.78 Å². The van der Waals surface area contributed by atoms with E-state index >= 15 is 0 Å². The van der Waals surface area contributed by atoms with Crippen molar-refractivity contribution in [1.82, 2.24) is 5.32 Å². The summed E-state index contributed by atoms with van der Waals surface area (Å²) < 4.78 is 26.9. The minimum Gasteiger partial charge on any atom is -0.310 e. The second-order valence-corrected chi connectivity index (χ2v) is 5.64. The summed E-state index contributed by atoms with van der Waals surface area (Å²) in [5, 5.41) is 3.39. The van der Waals surface area contributed by atoms with Crippen LogP contribution < -0.4 is 5.32 Å². The molecule has 0 radical (unpaired) electrons. The normalized spacial score (nSPS) is 12.4. The molecule has 0 spiro atoms. The average Bonchev–Trinajstić information content (AvgIpc) is 2.49. The van der Waals surface area contributed by atoms with Crippen LogP contribution in [0.3, 0.4) is 0 Å². The topological polar surface area (TPSA) is 12.0 Å². The van der Waals surface area contributed by atoms with Gasteiger partial charge >= 0.3 is 0 Å². The van der Waals surface area contributed by atoms with Crippen molar-refractivity contribution in [2.75, 3.05) is 12.8 Å². The zero-order valence-electron chi connectivity index (χ0n) is 12.2. The zero-order chi connectivity index (χ0) is 15.2. The van der Waals surface area contributed by atoms with Gasteiger partial charge < -0.3 is 5.32 Å². The molecule has 0 aliphatic heterocycles. The maximum atomic E-state index is 13.9. The van der Waals surface area contributed by atoms with E-state index in [0.29, 0.717) is 12.0 Å². The van der Waals surface area contributed by atoms with E-state index in [1.807, 2.05) is 25.3 Å². The Balaban J connectivity index is 2.30. The quantitative estimate of drug-likeness (QED) is 0.784. The Hall–Kier alpha value is -1.39. The van der Waals surface area contributed by atoms with Crippen LogP contribution in [0.4, 0.5) is 8.78 Å². The van der Waals surface area contributed by atoms with Crippen molar-refractivity contribution in [1.29, 1.82) is 0 Å². The fourth-order valence-corrected chi connectivity index (χ4v) is 3.06. The molecule has 0 aliphatic carbocycles. The molecule has 2 aromatic rings. The molecule has 2 rings (SSSR count). The fourth-order valence-electron chi connectivity index (χ4n) is 2.40. The lowest BCUT2D eigenvalue weighted by molar-refractivity contribution is 0.516. The van der Waals surface area contributed by atoms with Gasteiger partial charge in [0.2, 0.25) is 0 Å². The van der Waals surface area contributed by atoms with Crippen LogP contribution >= 0.6 is 11.8 Å². The molecule has 21 heavy (non-hydrogen) atoms. The molecule has 0 bridgehead atoms. The summed E-state index contributed by atoms with van der Waals surface area (Å²) in [6.07, 6.45) is 2.53. The van der Waals surface area contributed by atoms with E-state index in [0.717, 1.165) is 18.2 Å². The largest absolute Gasteiger partial charge is 0.310 e. The Bertz CT molecular complexity index is 601. The van der Waals surface area contributed by atoms with Crippen LogP contribution in [0, 0.1) is 11.6 Å². The predicted octanol–water partition coefficient (Wildman–Crippen LogP) is 4.58. The minimum atomic E-state index is -0.541. The van der Waals surface area contributed by atoms with Gasteiger partial charge in [-0.2, -0.15) is 0 Å². The monoisotopic (exact) mass is 307 g/mol. The first-order valence-electron chi connectivity index (χ1n) is 6.96. The number of hydrogen-bond acceptors (Lipinski definition) is 2. The predicted molar refractivity (Wildman–Crippen MR) is 84.7 cm³/mol. The third-order valence-electron chi connectivity index (χ3n) is 3.40. The van der Waals surface area contributed by atoms with Crippen LogP contribution in [0.1, 0.15) is 24.1 Å². The second-order valence-electron chi connectivity index (χ2n) is 4.79. The maximum absolute atomic E-state index is 13.9. The SMILES string of the molecule is CCNC(Cc1ccc(F)cc1F)c1ccccc1SC. The summed E-state index contributed by atoms with van der Waals surface area (Å²) in [7, 11) is 0. The number of nitrogens with one attached hydrogen (secondary N) is 1. The molecule has 112 valence electrons. The Kier molecular flexibility index (Phi) is 5.76. The van der Waals surface area contributed by atoms with Gasteiger partial charge in [0.15, 0.2) is 0 Å². The standard InChI is InChI=1S/C17H19F2NS/c1-3-20-16(14-6-4-5-7-17(14)21-2)10-12-8-9-13(18)11-15(12)19/h4-9,11,16,20H,3,10H2,1-2H3. The van der Waals surface area contributed by atoms with Crippen LogP contribution in [0.15, 0.2) is 47.4 Å². The molecular weight excluding hydrogens is 288 g/mol. The highest BCUT2D eigenvalue weighted by Crippen LogP contribution is 2.28. The van der Waals surface area contributed by atoms with E-state index in [2.05, 4.69) is 17.4 Å². The fraction of sp³-hybridized carbons (Fsp3) is 0.294. The summed E-state index contributed by atoms with van der Waals surface area (Å²) in [6.45, 7) is 2.81. The summed E-state index contributed by atoms with van der Waals surface area (Å²) in [5.41, 5.74) is 1.67. The molecule has 1 nitrogen and oxygen atoms in total. The summed E-state index contributed by atoms with van der Waals surface area (Å²) in [6, 6.07) is 11.9. The first kappa shape index (κ1) is 16.0. The number of benzene rings is 2. The van der Waals surface area contributed by atoms with E-state index in [4.69, 9.17) is 0 Å². The van der Waals surface area contributed by atoms with Gasteiger partial charge in [-0.1, -0.05) is 31.2 Å². The lowest BCUT2D eigenvalue weighted by Crippen LogP contribution is -2.24. The molecule has 0 heterocycles. The van der Waals surface area contributed by atoms with Gasteiger partial charge in [-0.3, -0.25) is 0 Å². The second kappa shape index (κ2) is 7.57. The van der Waals surface area contributed by atoms with Crippen molar-refractivity contribution in [3.8, 4) is 0 Å². The van der Waals surface area contributed by atoms with E-state index < -0.39 is 11.6 Å². The van der Waals surface area contributed by atoms with E-state index in [-0.39, 0.29) is 6.04 Å². The molecular formula is C17H19F2NS. The van der Waals surface area contributed by atoms with Crippen molar-refractivity contribution in [2.45, 2.75) is 24.3 Å². The molecule has 0 aromatic heterocycles. The first-order chi connectivity index (χ1) is 10.2. The van der Waals surface area contributed by atoms with Crippen LogP contribution in [0.25, 0.3) is 0 Å². The smallest absolute Gasteiger partial charge is 0.129 e. The first-order valence-corrected chi connectivity index (χ1v) is 8.18. The number of thioether (sulfide) groups is 1. The Labute approximate surface area is 128 Å². The summed E-state index contributed by atoms with van der Waals surface area (Å²) >= 11 is 1.67. The van der Waals surface area contributed by atoms with Crippen molar-refractivity contribution < 1.29 is 8.78 Å². The molecule has 1 N–H and O–H groups in total. The lowest BCUT2D eigenvalue weighted by atomic mass is 9.98. The number of halogens is 2. The highest BCUT2D eigenvalue weighted by molar-refractivity contribution is 7.98. The van der Waals surface area contributed by atoms with Crippen LogP contribution in [-0.4, -0.2) is 12.8 Å². The molecule has 0 fully saturated rings. The van der Waals surface area contributed by atoms with Gasteiger partial charge in [-0.05, 0) is 42.5 Å². The molecule has 1 atom stereocenters. The highest BCUT2D eigenvalue weighted by Gasteiger charge is 2.16. The molecule has 1 unspecified atom stereocenters. The Morgan fingerprint density at radius 2 is 1.90 bits per heavy atom. The van der Waals surface area contributed by atoms with Gasteiger partial charge in [0.25, 0.3) is 0 Å². The Morgan fingerprint density at radius 1 is 1.14 bits per heavy atom. The van der Waals surface area contributed by atoms with Gasteiger partial charge in [-0.25, -0.2) is 8.78 Å². The molecule has 0 amide bonds. The third-order valence-corrected chi connectivity index (χ3v) is 4.22. The minimum absolute atomic E-state index is 0.0126. The van der Waals surface area contributed by atoms with Crippen LogP contribution in [-0.2, 0) is 6.42 Å². The van der Waals surface area contributed by atoms with Gasteiger partial charge in [0.05, 0.1) is 0 Å². The Morgan fingerprint density at radius 3 is 2.57 bits per heavy atom. The highest BCUT2D eigenvalue weighted by atomic mass is 32.2. The van der Waals surface area contributed by atoms with Crippen LogP contribution in [0.5, 0.6) is 0 Å². The van der Waals surface area contributed by atoms with Gasteiger partial charge in [0.1, 0.15) is 11.6 Å². The summed E-state index contributed by atoms with van der Waals surface area (Å²) in [5.74, 6) is -1.03. The molecule has 4 heteroatoms. The molecule has 0 aliphatic rings. The van der Waals surface area contributed by atoms with Crippen molar-refractivity contribution >= 4 is 11.8 Å². The average molecular weight is 307 g/mol. The number of likely N-dealkylation sites (N-methyl/N-ethyl adjacent to an activating group) is 1. The number of rotatable bonds is 6. The van der Waals surface area contributed by atoms with Gasteiger partial charge in [-0.15, -0.1) is 11.8 Å². The zero-order valence-corrected chi connectivity index (χ0v) is 13.0. The molecule has 0 saturated heterocycles. The van der Waals surface area contributed by atoms with Crippen molar-refractivity contribution in [3.05, 3.63) is 65.2 Å². The van der Waals surface area contributed by atoms with E-state index in [1.165, 1.54) is 17.0 Å². The third kappa shape index (κ3) is 4.05. The lowest BCUT2D eigenvalue weighted by Gasteiger charge is -2.21. The number of hydrogen-bond donors (Lipinski definition) is 1. The molecule has 0 saturated carbocycles. The van der Waals surface area contributed by atoms with Gasteiger partial charge in [0, 0.05) is 17.0 Å².